The quantitative estimate of drug-likeness (QED) is 0.678. The number of H-pyrrole nitrogens is 1. The van der Waals surface area contributed by atoms with E-state index in [4.69, 9.17) is 0 Å². The van der Waals surface area contributed by atoms with Crippen LogP contribution in [0, 0.1) is 6.92 Å². The van der Waals surface area contributed by atoms with Crippen LogP contribution in [0.4, 0.5) is 0 Å². The van der Waals surface area contributed by atoms with Gasteiger partial charge in [-0.25, -0.2) is 8.42 Å². The number of rotatable bonds is 5. The molecule has 0 spiro atoms. The zero-order valence-corrected chi connectivity index (χ0v) is 18.7. The number of nitrogens with zero attached hydrogens (tertiary/aromatic N) is 3. The molecule has 160 valence electrons. The molecule has 1 aromatic carbocycles. The van der Waals surface area contributed by atoms with E-state index in [0.29, 0.717) is 31.9 Å². The maximum Gasteiger partial charge on any atom is 0.270 e. The van der Waals surface area contributed by atoms with E-state index in [9.17, 15) is 13.2 Å². The Balaban J connectivity index is 1.64. The van der Waals surface area contributed by atoms with Gasteiger partial charge in [-0.15, -0.1) is 0 Å². The molecule has 3 aromatic rings. The third-order valence-electron chi connectivity index (χ3n) is 5.96. The number of hydrogen-bond donors (Lipinski definition) is 1. The first kappa shape index (κ1) is 20.7. The maximum atomic E-state index is 13.3. The topological polar surface area (TPSA) is 78.4 Å². The number of amides is 1. The van der Waals surface area contributed by atoms with E-state index in [1.54, 1.807) is 16.5 Å². The van der Waals surface area contributed by atoms with E-state index in [1.165, 1.54) is 27.8 Å². The van der Waals surface area contributed by atoms with Crippen LogP contribution >= 0.6 is 0 Å². The second kappa shape index (κ2) is 7.59. The number of sulfonamides is 1. The molecule has 30 heavy (non-hydrogen) atoms. The fraction of sp³-hybridized carbons (Fsp3) is 0.409. The molecule has 1 N–H and O–H groups in total. The molecule has 0 saturated heterocycles. The summed E-state index contributed by atoms with van der Waals surface area (Å²) in [6, 6.07) is 7.81. The number of hydrogen-bond acceptors (Lipinski definition) is 3. The highest BCUT2D eigenvalue weighted by molar-refractivity contribution is 7.89. The van der Waals surface area contributed by atoms with Gasteiger partial charge in [0.25, 0.3) is 5.91 Å². The number of carbonyl (C=O) groups is 1. The molecular formula is C22H28N4O3S. The van der Waals surface area contributed by atoms with Crippen LogP contribution in [0.15, 0.2) is 35.4 Å². The van der Waals surface area contributed by atoms with Crippen molar-refractivity contribution in [3.63, 3.8) is 0 Å². The Bertz CT molecular complexity index is 1220. The molecule has 0 unspecified atom stereocenters. The molecule has 8 heteroatoms. The molecule has 0 bridgehead atoms. The molecule has 0 fully saturated rings. The zero-order chi connectivity index (χ0) is 21.6. The smallest absolute Gasteiger partial charge is 0.270 e. The van der Waals surface area contributed by atoms with E-state index >= 15 is 0 Å². The molecule has 1 amide bonds. The van der Waals surface area contributed by atoms with Crippen LogP contribution < -0.4 is 0 Å². The number of fused-ring (bicyclic) bond motifs is 3. The van der Waals surface area contributed by atoms with Crippen LogP contribution in [0.5, 0.6) is 0 Å². The largest absolute Gasteiger partial charge is 0.358 e. The Morgan fingerprint density at radius 3 is 2.63 bits per heavy atom. The van der Waals surface area contributed by atoms with Gasteiger partial charge in [0, 0.05) is 68.0 Å². The predicted octanol–water partition coefficient (Wildman–Crippen LogP) is 3.04. The number of aryl methyl sites for hydroxylation is 2. The van der Waals surface area contributed by atoms with Crippen LogP contribution in [0.1, 0.15) is 41.2 Å². The van der Waals surface area contributed by atoms with Crippen molar-refractivity contribution < 1.29 is 13.2 Å². The van der Waals surface area contributed by atoms with E-state index < -0.39 is 10.0 Å². The molecule has 0 radical (unpaired) electrons. The summed E-state index contributed by atoms with van der Waals surface area (Å²) in [5.74, 6) is -0.147. The minimum atomic E-state index is -3.60. The average Bonchev–Trinajstić information content (AvgIpc) is 3.28. The number of aromatic nitrogens is 2. The Kier molecular flexibility index (Phi) is 5.23. The SMILES string of the molecule is CCN(CC)S(=O)(=O)c1cc(C(=O)N2CCc3[nH]c4ccc(C)cc4c3C2)n(C)c1. The summed E-state index contributed by atoms with van der Waals surface area (Å²) in [5, 5.41) is 1.15. The monoisotopic (exact) mass is 428 g/mol. The first-order valence-corrected chi connectivity index (χ1v) is 11.8. The first-order chi connectivity index (χ1) is 14.3. The van der Waals surface area contributed by atoms with Crippen molar-refractivity contribution in [2.24, 2.45) is 7.05 Å². The van der Waals surface area contributed by atoms with Gasteiger partial charge in [-0.2, -0.15) is 4.31 Å². The summed E-state index contributed by atoms with van der Waals surface area (Å²) in [4.78, 5) is 18.7. The van der Waals surface area contributed by atoms with Gasteiger partial charge in [0.1, 0.15) is 10.6 Å². The molecule has 4 rings (SSSR count). The highest BCUT2D eigenvalue weighted by Crippen LogP contribution is 2.29. The Hall–Kier alpha value is -2.58. The average molecular weight is 429 g/mol. The third kappa shape index (κ3) is 3.33. The lowest BCUT2D eigenvalue weighted by Crippen LogP contribution is -2.36. The van der Waals surface area contributed by atoms with Crippen molar-refractivity contribution in [3.8, 4) is 0 Å². The van der Waals surface area contributed by atoms with E-state index in [-0.39, 0.29) is 10.8 Å². The van der Waals surface area contributed by atoms with Crippen molar-refractivity contribution >= 4 is 26.8 Å². The molecule has 0 atom stereocenters. The van der Waals surface area contributed by atoms with Crippen LogP contribution in [0.3, 0.4) is 0 Å². The van der Waals surface area contributed by atoms with Gasteiger partial charge >= 0.3 is 0 Å². The first-order valence-electron chi connectivity index (χ1n) is 10.3. The molecule has 1 aliphatic heterocycles. The predicted molar refractivity (Wildman–Crippen MR) is 117 cm³/mol. The third-order valence-corrected chi connectivity index (χ3v) is 7.98. The van der Waals surface area contributed by atoms with Crippen molar-refractivity contribution in [2.45, 2.75) is 38.6 Å². The van der Waals surface area contributed by atoms with Gasteiger partial charge in [0.05, 0.1) is 0 Å². The fourth-order valence-electron chi connectivity index (χ4n) is 4.26. The minimum Gasteiger partial charge on any atom is -0.358 e. The summed E-state index contributed by atoms with van der Waals surface area (Å²) < 4.78 is 28.7. The fourth-order valence-corrected chi connectivity index (χ4v) is 5.79. The Labute approximate surface area is 177 Å². The molecule has 2 aromatic heterocycles. The lowest BCUT2D eigenvalue weighted by Gasteiger charge is -2.27. The van der Waals surface area contributed by atoms with Gasteiger partial charge in [-0.1, -0.05) is 25.5 Å². The second-order valence-electron chi connectivity index (χ2n) is 7.87. The molecule has 1 aliphatic rings. The second-order valence-corrected chi connectivity index (χ2v) is 9.81. The van der Waals surface area contributed by atoms with Gasteiger partial charge < -0.3 is 14.5 Å². The van der Waals surface area contributed by atoms with Gasteiger partial charge in [-0.3, -0.25) is 4.79 Å². The standard InChI is InChI=1S/C22H28N4O3S/c1-5-26(6-2)30(28,29)16-12-21(24(4)13-16)22(27)25-10-9-20-18(14-25)17-11-15(3)7-8-19(17)23-20/h7-8,11-13,23H,5-6,9-10,14H2,1-4H3. The minimum absolute atomic E-state index is 0.147. The summed E-state index contributed by atoms with van der Waals surface area (Å²) in [6.07, 6.45) is 2.29. The van der Waals surface area contributed by atoms with Crippen LogP contribution in [0.2, 0.25) is 0 Å². The number of aromatic amines is 1. The summed E-state index contributed by atoms with van der Waals surface area (Å²) >= 11 is 0. The molecular weight excluding hydrogens is 400 g/mol. The van der Waals surface area contributed by atoms with Crippen molar-refractivity contribution in [3.05, 3.63) is 53.0 Å². The van der Waals surface area contributed by atoms with Gasteiger partial charge in [0.15, 0.2) is 0 Å². The summed E-state index contributed by atoms with van der Waals surface area (Å²) in [7, 11) is -1.88. The maximum absolute atomic E-state index is 13.3. The van der Waals surface area contributed by atoms with E-state index in [0.717, 1.165) is 22.9 Å². The number of nitrogens with one attached hydrogen (secondary N) is 1. The molecule has 3 heterocycles. The number of benzene rings is 1. The van der Waals surface area contributed by atoms with Crippen LogP contribution in [-0.2, 0) is 30.0 Å². The van der Waals surface area contributed by atoms with Gasteiger partial charge in [0.2, 0.25) is 10.0 Å². The lowest BCUT2D eigenvalue weighted by atomic mass is 10.0. The van der Waals surface area contributed by atoms with E-state index in [1.807, 2.05) is 13.8 Å². The highest BCUT2D eigenvalue weighted by atomic mass is 32.2. The van der Waals surface area contributed by atoms with E-state index in [2.05, 4.69) is 30.1 Å². The molecule has 0 aliphatic carbocycles. The zero-order valence-electron chi connectivity index (χ0n) is 17.9. The van der Waals surface area contributed by atoms with Crippen molar-refractivity contribution in [1.82, 2.24) is 18.8 Å². The summed E-state index contributed by atoms with van der Waals surface area (Å²) in [5.41, 5.74) is 4.99. The van der Waals surface area contributed by atoms with Crippen molar-refractivity contribution in [1.29, 1.82) is 0 Å². The Morgan fingerprint density at radius 2 is 1.93 bits per heavy atom. The highest BCUT2D eigenvalue weighted by Gasteiger charge is 2.29. The summed E-state index contributed by atoms with van der Waals surface area (Å²) in [6.45, 7) is 7.58. The lowest BCUT2D eigenvalue weighted by molar-refractivity contribution is 0.0725. The van der Waals surface area contributed by atoms with Crippen LogP contribution in [-0.4, -0.2) is 52.7 Å². The molecule has 0 saturated carbocycles. The van der Waals surface area contributed by atoms with Crippen LogP contribution in [0.25, 0.3) is 10.9 Å². The normalized spacial score (nSPS) is 14.5. The number of carbonyl (C=O) groups excluding carboxylic acids is 1. The van der Waals surface area contributed by atoms with Crippen molar-refractivity contribution in [2.75, 3.05) is 19.6 Å². The van der Waals surface area contributed by atoms with Gasteiger partial charge in [-0.05, 0) is 25.1 Å². The Morgan fingerprint density at radius 1 is 1.20 bits per heavy atom. The molecule has 7 nitrogen and oxygen atoms in total.